The van der Waals surface area contributed by atoms with Crippen LogP contribution in [0.4, 0.5) is 0 Å². The Hall–Kier alpha value is -0.870. The third-order valence-electron chi connectivity index (χ3n) is 3.22. The molecule has 3 nitrogen and oxygen atoms in total. The molecule has 1 aromatic rings. The lowest BCUT2D eigenvalue weighted by Gasteiger charge is -2.21. The summed E-state index contributed by atoms with van der Waals surface area (Å²) >= 11 is 3.42. The van der Waals surface area contributed by atoms with E-state index in [1.54, 1.807) is 0 Å². The van der Waals surface area contributed by atoms with Gasteiger partial charge < -0.3 is 10.5 Å². The first kappa shape index (κ1) is 12.6. The smallest absolute Gasteiger partial charge is 0.326 e. The molecule has 0 amide bonds. The van der Waals surface area contributed by atoms with Gasteiger partial charge in [0.1, 0.15) is 12.1 Å². The van der Waals surface area contributed by atoms with Crippen LogP contribution in [0.5, 0.6) is 0 Å². The van der Waals surface area contributed by atoms with Crippen molar-refractivity contribution in [1.29, 1.82) is 0 Å². The minimum Gasteiger partial charge on any atom is -0.459 e. The summed E-state index contributed by atoms with van der Waals surface area (Å²) in [4.78, 5) is 11.9. The highest BCUT2D eigenvalue weighted by molar-refractivity contribution is 9.10. The fourth-order valence-corrected chi connectivity index (χ4v) is 2.51. The molecular formula is C13H16BrNO2. The standard InChI is InChI=1S/C13H16BrNO2/c14-11-6-2-1-5-10(11)9-17-12(16)13(15)7-3-4-8-13/h1-2,5-6H,3-4,7-9,15H2. The molecule has 0 bridgehead atoms. The quantitative estimate of drug-likeness (QED) is 0.873. The summed E-state index contributed by atoms with van der Waals surface area (Å²) in [6.07, 6.45) is 3.50. The van der Waals surface area contributed by atoms with Crippen LogP contribution in [0.1, 0.15) is 31.2 Å². The van der Waals surface area contributed by atoms with Crippen LogP contribution in [0, 0.1) is 0 Å². The lowest BCUT2D eigenvalue weighted by atomic mass is 10.00. The van der Waals surface area contributed by atoms with Gasteiger partial charge in [0.25, 0.3) is 0 Å². The molecule has 2 rings (SSSR count). The van der Waals surface area contributed by atoms with Crippen LogP contribution in [0.25, 0.3) is 0 Å². The molecule has 1 aromatic carbocycles. The predicted octanol–water partition coefficient (Wildman–Crippen LogP) is 2.76. The molecule has 0 atom stereocenters. The van der Waals surface area contributed by atoms with Crippen molar-refractivity contribution < 1.29 is 9.53 Å². The van der Waals surface area contributed by atoms with Crippen molar-refractivity contribution in [2.24, 2.45) is 5.73 Å². The number of carbonyl (C=O) groups is 1. The minimum atomic E-state index is -0.749. The average Bonchev–Trinajstić information content (AvgIpc) is 2.76. The lowest BCUT2D eigenvalue weighted by Crippen LogP contribution is -2.46. The number of benzene rings is 1. The van der Waals surface area contributed by atoms with E-state index < -0.39 is 5.54 Å². The molecular weight excluding hydrogens is 282 g/mol. The van der Waals surface area contributed by atoms with Crippen molar-refractivity contribution in [2.75, 3.05) is 0 Å². The van der Waals surface area contributed by atoms with E-state index in [9.17, 15) is 4.79 Å². The van der Waals surface area contributed by atoms with Crippen molar-refractivity contribution in [3.63, 3.8) is 0 Å². The maximum atomic E-state index is 11.9. The van der Waals surface area contributed by atoms with E-state index in [1.807, 2.05) is 24.3 Å². The van der Waals surface area contributed by atoms with Gasteiger partial charge in [-0.15, -0.1) is 0 Å². The summed E-state index contributed by atoms with van der Waals surface area (Å²) in [5.41, 5.74) is 6.23. The van der Waals surface area contributed by atoms with E-state index >= 15 is 0 Å². The molecule has 0 saturated heterocycles. The maximum Gasteiger partial charge on any atom is 0.326 e. The van der Waals surface area contributed by atoms with Gasteiger partial charge in [0.2, 0.25) is 0 Å². The van der Waals surface area contributed by atoms with Crippen LogP contribution >= 0.6 is 15.9 Å². The maximum absolute atomic E-state index is 11.9. The van der Waals surface area contributed by atoms with E-state index in [2.05, 4.69) is 15.9 Å². The van der Waals surface area contributed by atoms with Gasteiger partial charge in [-0.2, -0.15) is 0 Å². The van der Waals surface area contributed by atoms with E-state index in [0.717, 1.165) is 35.7 Å². The number of esters is 1. The summed E-state index contributed by atoms with van der Waals surface area (Å²) in [7, 11) is 0. The van der Waals surface area contributed by atoms with Crippen molar-refractivity contribution in [3.05, 3.63) is 34.3 Å². The summed E-state index contributed by atoms with van der Waals surface area (Å²) in [6, 6.07) is 7.70. The van der Waals surface area contributed by atoms with Gasteiger partial charge >= 0.3 is 5.97 Å². The Balaban J connectivity index is 1.94. The van der Waals surface area contributed by atoms with Gasteiger partial charge in [0.15, 0.2) is 0 Å². The first-order valence-electron chi connectivity index (χ1n) is 5.81. The second-order valence-corrected chi connectivity index (χ2v) is 5.39. The second kappa shape index (κ2) is 5.19. The first-order valence-corrected chi connectivity index (χ1v) is 6.61. The molecule has 1 aliphatic rings. The predicted molar refractivity (Wildman–Crippen MR) is 69.3 cm³/mol. The Morgan fingerprint density at radius 2 is 2.00 bits per heavy atom. The molecule has 0 unspecified atom stereocenters. The number of nitrogens with two attached hydrogens (primary N) is 1. The highest BCUT2D eigenvalue weighted by Crippen LogP contribution is 2.28. The zero-order valence-corrected chi connectivity index (χ0v) is 11.2. The minimum absolute atomic E-state index is 0.272. The lowest BCUT2D eigenvalue weighted by molar-refractivity contribution is -0.151. The Bertz CT molecular complexity index is 414. The van der Waals surface area contributed by atoms with E-state index in [1.165, 1.54) is 0 Å². The Labute approximate surface area is 109 Å². The third kappa shape index (κ3) is 2.87. The number of rotatable bonds is 3. The SMILES string of the molecule is NC1(C(=O)OCc2ccccc2Br)CCCC1. The van der Waals surface area contributed by atoms with Gasteiger partial charge in [-0.05, 0) is 18.9 Å². The fourth-order valence-electron chi connectivity index (χ4n) is 2.11. The first-order chi connectivity index (χ1) is 8.12. The fraction of sp³-hybridized carbons (Fsp3) is 0.462. The topological polar surface area (TPSA) is 52.3 Å². The molecule has 0 radical (unpaired) electrons. The normalized spacial score (nSPS) is 18.0. The largest absolute Gasteiger partial charge is 0.459 e. The zero-order chi connectivity index (χ0) is 12.3. The number of carbonyl (C=O) groups excluding carboxylic acids is 1. The van der Waals surface area contributed by atoms with Crippen LogP contribution in [0.15, 0.2) is 28.7 Å². The summed E-state index contributed by atoms with van der Waals surface area (Å²) in [6.45, 7) is 0.277. The van der Waals surface area contributed by atoms with Crippen LogP contribution in [0.2, 0.25) is 0 Å². The average molecular weight is 298 g/mol. The van der Waals surface area contributed by atoms with Crippen molar-refractivity contribution >= 4 is 21.9 Å². The molecule has 1 saturated carbocycles. The molecule has 2 N–H and O–H groups in total. The highest BCUT2D eigenvalue weighted by atomic mass is 79.9. The molecule has 0 aromatic heterocycles. The van der Waals surface area contributed by atoms with Crippen LogP contribution in [-0.2, 0) is 16.1 Å². The van der Waals surface area contributed by atoms with Crippen molar-refractivity contribution in [3.8, 4) is 0 Å². The van der Waals surface area contributed by atoms with E-state index in [4.69, 9.17) is 10.5 Å². The van der Waals surface area contributed by atoms with Gasteiger partial charge in [-0.3, -0.25) is 4.79 Å². The number of hydrogen-bond acceptors (Lipinski definition) is 3. The summed E-state index contributed by atoms with van der Waals surface area (Å²) < 4.78 is 6.25. The summed E-state index contributed by atoms with van der Waals surface area (Å²) in [5, 5.41) is 0. The molecule has 0 spiro atoms. The van der Waals surface area contributed by atoms with Crippen molar-refractivity contribution in [2.45, 2.75) is 37.8 Å². The molecule has 1 aliphatic carbocycles. The van der Waals surface area contributed by atoms with Gasteiger partial charge in [-0.1, -0.05) is 47.0 Å². The molecule has 1 fully saturated rings. The molecule has 4 heteroatoms. The Morgan fingerprint density at radius 1 is 1.35 bits per heavy atom. The monoisotopic (exact) mass is 297 g/mol. The van der Waals surface area contributed by atoms with Gasteiger partial charge in [-0.25, -0.2) is 0 Å². The zero-order valence-electron chi connectivity index (χ0n) is 9.62. The van der Waals surface area contributed by atoms with Crippen LogP contribution in [0.3, 0.4) is 0 Å². The molecule has 17 heavy (non-hydrogen) atoms. The van der Waals surface area contributed by atoms with Gasteiger partial charge in [0.05, 0.1) is 0 Å². The third-order valence-corrected chi connectivity index (χ3v) is 3.99. The Kier molecular flexibility index (Phi) is 3.84. The number of hydrogen-bond donors (Lipinski definition) is 1. The summed E-state index contributed by atoms with van der Waals surface area (Å²) in [5.74, 6) is -0.272. The van der Waals surface area contributed by atoms with Crippen molar-refractivity contribution in [1.82, 2.24) is 0 Å². The van der Waals surface area contributed by atoms with Crippen LogP contribution in [-0.4, -0.2) is 11.5 Å². The number of halogens is 1. The molecule has 0 aliphatic heterocycles. The van der Waals surface area contributed by atoms with E-state index in [-0.39, 0.29) is 12.6 Å². The van der Waals surface area contributed by atoms with Gasteiger partial charge in [0, 0.05) is 10.0 Å². The second-order valence-electron chi connectivity index (χ2n) is 4.53. The highest BCUT2D eigenvalue weighted by Gasteiger charge is 2.38. The Morgan fingerprint density at radius 3 is 2.65 bits per heavy atom. The molecule has 92 valence electrons. The molecule has 0 heterocycles. The van der Waals surface area contributed by atoms with E-state index in [0.29, 0.717) is 0 Å². The van der Waals surface area contributed by atoms with Crippen LogP contribution < -0.4 is 5.73 Å². The number of ether oxygens (including phenoxy) is 1.